The van der Waals surface area contributed by atoms with Gasteiger partial charge in [-0.2, -0.15) is 0 Å². The van der Waals surface area contributed by atoms with Gasteiger partial charge in [-0.25, -0.2) is 4.98 Å². The van der Waals surface area contributed by atoms with E-state index in [0.29, 0.717) is 6.04 Å². The zero-order chi connectivity index (χ0) is 13.1. The zero-order valence-corrected chi connectivity index (χ0v) is 12.0. The smallest absolute Gasteiger partial charge is 0.133 e. The third-order valence-electron chi connectivity index (χ3n) is 4.60. The van der Waals surface area contributed by atoms with E-state index < -0.39 is 0 Å². The highest BCUT2D eigenvalue weighted by Crippen LogP contribution is 2.36. The molecule has 2 fully saturated rings. The molecule has 3 nitrogen and oxygen atoms in total. The summed E-state index contributed by atoms with van der Waals surface area (Å²) in [6.45, 7) is 7.04. The van der Waals surface area contributed by atoms with Crippen LogP contribution in [0.2, 0.25) is 0 Å². The van der Waals surface area contributed by atoms with Gasteiger partial charge < -0.3 is 4.90 Å². The van der Waals surface area contributed by atoms with Crippen LogP contribution in [-0.4, -0.2) is 36.1 Å². The molecule has 0 N–H and O–H groups in total. The quantitative estimate of drug-likeness (QED) is 0.831. The molecule has 2 saturated heterocycles. The molecule has 3 rings (SSSR count). The second-order valence-electron chi connectivity index (χ2n) is 5.75. The molecular weight excluding hydrogens is 234 g/mol. The summed E-state index contributed by atoms with van der Waals surface area (Å²) in [6, 6.07) is 5.00. The summed E-state index contributed by atoms with van der Waals surface area (Å²) in [5.74, 6) is 1.26. The van der Waals surface area contributed by atoms with Crippen LogP contribution in [0.25, 0.3) is 0 Å². The Morgan fingerprint density at radius 1 is 1.16 bits per heavy atom. The number of anilines is 1. The van der Waals surface area contributed by atoms with Gasteiger partial charge in [-0.1, -0.05) is 13.0 Å². The van der Waals surface area contributed by atoms with Crippen LogP contribution >= 0.6 is 0 Å². The summed E-state index contributed by atoms with van der Waals surface area (Å²) in [4.78, 5) is 9.82. The van der Waals surface area contributed by atoms with Gasteiger partial charge in [0.05, 0.1) is 0 Å². The second-order valence-corrected chi connectivity index (χ2v) is 5.75. The van der Waals surface area contributed by atoms with Crippen LogP contribution in [0.15, 0.2) is 18.3 Å². The van der Waals surface area contributed by atoms with E-state index in [1.54, 1.807) is 0 Å². The van der Waals surface area contributed by atoms with Crippen molar-refractivity contribution in [2.24, 2.45) is 0 Å². The van der Waals surface area contributed by atoms with Crippen molar-refractivity contribution in [3.63, 3.8) is 0 Å². The predicted octanol–water partition coefficient (Wildman–Crippen LogP) is 3.23. The minimum atomic E-state index is 0.593. The normalized spacial score (nSPS) is 24.9. The lowest BCUT2D eigenvalue weighted by molar-refractivity contribution is 0.271. The van der Waals surface area contributed by atoms with E-state index in [0.717, 1.165) is 6.54 Å². The maximum Gasteiger partial charge on any atom is 0.133 e. The van der Waals surface area contributed by atoms with Gasteiger partial charge in [-0.3, -0.25) is 4.90 Å². The molecule has 0 unspecified atom stereocenters. The Labute approximate surface area is 116 Å². The highest BCUT2D eigenvalue weighted by Gasteiger charge is 2.28. The van der Waals surface area contributed by atoms with E-state index in [1.165, 1.54) is 63.1 Å². The number of hydrogen-bond donors (Lipinski definition) is 0. The molecular formula is C16H25N3. The summed E-state index contributed by atoms with van der Waals surface area (Å²) in [6.07, 6.45) is 8.59. The topological polar surface area (TPSA) is 19.4 Å². The van der Waals surface area contributed by atoms with Gasteiger partial charge in [0.1, 0.15) is 5.82 Å². The van der Waals surface area contributed by atoms with Crippen molar-refractivity contribution in [3.8, 4) is 0 Å². The van der Waals surface area contributed by atoms with E-state index in [2.05, 4.69) is 28.9 Å². The third kappa shape index (κ3) is 2.62. The van der Waals surface area contributed by atoms with Crippen molar-refractivity contribution in [1.29, 1.82) is 0 Å². The zero-order valence-electron chi connectivity index (χ0n) is 12.0. The molecule has 1 aromatic rings. The molecule has 0 aliphatic carbocycles. The summed E-state index contributed by atoms with van der Waals surface area (Å²) in [7, 11) is 0. The average Bonchev–Trinajstić information content (AvgIpc) is 2.96. The molecule has 19 heavy (non-hydrogen) atoms. The first-order valence-corrected chi connectivity index (χ1v) is 7.84. The van der Waals surface area contributed by atoms with Crippen molar-refractivity contribution in [1.82, 2.24) is 9.88 Å². The second kappa shape index (κ2) is 5.91. The van der Waals surface area contributed by atoms with Crippen molar-refractivity contribution in [2.75, 3.05) is 31.1 Å². The summed E-state index contributed by atoms with van der Waals surface area (Å²) in [5.41, 5.74) is 1.46. The van der Waals surface area contributed by atoms with E-state index in [-0.39, 0.29) is 0 Å². The highest BCUT2D eigenvalue weighted by atomic mass is 15.2. The SMILES string of the molecule is CCN1CCC[C@@H]1c1cccnc1N1CCCCC1. The summed E-state index contributed by atoms with van der Waals surface area (Å²) >= 11 is 0. The van der Waals surface area contributed by atoms with Crippen molar-refractivity contribution >= 4 is 5.82 Å². The Hall–Kier alpha value is -1.09. The average molecular weight is 259 g/mol. The Kier molecular flexibility index (Phi) is 4.02. The number of hydrogen-bond acceptors (Lipinski definition) is 3. The largest absolute Gasteiger partial charge is 0.356 e. The first-order valence-electron chi connectivity index (χ1n) is 7.84. The lowest BCUT2D eigenvalue weighted by atomic mass is 10.0. The van der Waals surface area contributed by atoms with E-state index in [9.17, 15) is 0 Å². The highest BCUT2D eigenvalue weighted by molar-refractivity contribution is 5.49. The fraction of sp³-hybridized carbons (Fsp3) is 0.688. The molecule has 2 aliphatic heterocycles. The van der Waals surface area contributed by atoms with Crippen LogP contribution in [0.1, 0.15) is 50.6 Å². The van der Waals surface area contributed by atoms with Gasteiger partial charge in [0, 0.05) is 30.9 Å². The number of aromatic nitrogens is 1. The molecule has 1 atom stereocenters. The van der Waals surface area contributed by atoms with Crippen LogP contribution in [0.4, 0.5) is 5.82 Å². The van der Waals surface area contributed by atoms with Crippen LogP contribution < -0.4 is 4.90 Å². The lowest BCUT2D eigenvalue weighted by Crippen LogP contribution is -2.32. The lowest BCUT2D eigenvalue weighted by Gasteiger charge is -2.32. The van der Waals surface area contributed by atoms with Gasteiger partial charge in [0.25, 0.3) is 0 Å². The first kappa shape index (κ1) is 12.9. The monoisotopic (exact) mass is 259 g/mol. The van der Waals surface area contributed by atoms with Gasteiger partial charge in [-0.05, 0) is 51.3 Å². The van der Waals surface area contributed by atoms with Crippen molar-refractivity contribution in [2.45, 2.75) is 45.1 Å². The molecule has 0 bridgehead atoms. The standard InChI is InChI=1S/C16H25N3/c1-2-18-13-7-9-15(18)14-8-6-10-17-16(14)19-11-4-3-5-12-19/h6,8,10,15H,2-5,7,9,11-13H2,1H3/t15-/m1/s1. The number of rotatable bonds is 3. The molecule has 1 aromatic heterocycles. The molecule has 104 valence electrons. The summed E-state index contributed by atoms with van der Waals surface area (Å²) < 4.78 is 0. The minimum Gasteiger partial charge on any atom is -0.356 e. The number of pyridine rings is 1. The third-order valence-corrected chi connectivity index (χ3v) is 4.60. The van der Waals surface area contributed by atoms with Gasteiger partial charge in [-0.15, -0.1) is 0 Å². The van der Waals surface area contributed by atoms with Gasteiger partial charge >= 0.3 is 0 Å². The van der Waals surface area contributed by atoms with E-state index in [4.69, 9.17) is 4.98 Å². The molecule has 2 aliphatic rings. The minimum absolute atomic E-state index is 0.593. The molecule has 3 heterocycles. The van der Waals surface area contributed by atoms with Crippen molar-refractivity contribution < 1.29 is 0 Å². The number of piperidine rings is 1. The van der Waals surface area contributed by atoms with E-state index in [1.807, 2.05) is 6.20 Å². The van der Waals surface area contributed by atoms with Crippen LogP contribution in [0.3, 0.4) is 0 Å². The molecule has 0 aromatic carbocycles. The fourth-order valence-corrected chi connectivity index (χ4v) is 3.60. The predicted molar refractivity (Wildman–Crippen MR) is 79.5 cm³/mol. The maximum absolute atomic E-state index is 4.71. The molecule has 0 amide bonds. The summed E-state index contributed by atoms with van der Waals surface area (Å²) in [5, 5.41) is 0. The Bertz CT molecular complexity index is 412. The van der Waals surface area contributed by atoms with E-state index >= 15 is 0 Å². The van der Waals surface area contributed by atoms with Crippen LogP contribution in [-0.2, 0) is 0 Å². The molecule has 0 radical (unpaired) electrons. The first-order chi connectivity index (χ1) is 9.40. The Balaban J connectivity index is 1.88. The van der Waals surface area contributed by atoms with Gasteiger partial charge in [0.15, 0.2) is 0 Å². The van der Waals surface area contributed by atoms with Crippen LogP contribution in [0.5, 0.6) is 0 Å². The molecule has 0 spiro atoms. The Morgan fingerprint density at radius 3 is 2.79 bits per heavy atom. The molecule has 3 heteroatoms. The number of likely N-dealkylation sites (tertiary alicyclic amines) is 1. The van der Waals surface area contributed by atoms with Crippen molar-refractivity contribution in [3.05, 3.63) is 23.9 Å². The Morgan fingerprint density at radius 2 is 2.00 bits per heavy atom. The molecule has 0 saturated carbocycles. The van der Waals surface area contributed by atoms with Crippen LogP contribution in [0, 0.1) is 0 Å². The fourth-order valence-electron chi connectivity index (χ4n) is 3.60. The number of nitrogens with zero attached hydrogens (tertiary/aromatic N) is 3. The van der Waals surface area contributed by atoms with Gasteiger partial charge in [0.2, 0.25) is 0 Å². The maximum atomic E-state index is 4.71.